The lowest BCUT2D eigenvalue weighted by atomic mass is 9.52. The summed E-state index contributed by atoms with van der Waals surface area (Å²) in [7, 11) is 0. The van der Waals surface area contributed by atoms with E-state index >= 15 is 0 Å². The minimum absolute atomic E-state index is 0.0478. The molecule has 0 aromatic carbocycles. The zero-order valence-corrected chi connectivity index (χ0v) is 22.6. The summed E-state index contributed by atoms with van der Waals surface area (Å²) in [5.41, 5.74) is 0.235. The van der Waals surface area contributed by atoms with E-state index in [4.69, 9.17) is 36.3 Å². The Balaban J connectivity index is 1.78. The second-order valence-corrected chi connectivity index (χ2v) is 10.6. The van der Waals surface area contributed by atoms with E-state index < -0.39 is 16.2 Å². The Morgan fingerprint density at radius 2 is 0.974 bits per heavy atom. The lowest BCUT2D eigenvalue weighted by molar-refractivity contribution is 0.0857. The van der Waals surface area contributed by atoms with E-state index in [0.717, 1.165) is 11.4 Å². The van der Waals surface area contributed by atoms with Gasteiger partial charge in [0.05, 0.1) is 11.4 Å². The number of nitrogens with zero attached hydrogens (tertiary/aromatic N) is 10. The first kappa shape index (κ1) is 26.7. The van der Waals surface area contributed by atoms with Gasteiger partial charge in [-0.15, -0.1) is 0 Å². The maximum atomic E-state index is 7.51. The van der Waals surface area contributed by atoms with Crippen LogP contribution < -0.4 is 0 Å². The van der Waals surface area contributed by atoms with Crippen molar-refractivity contribution < 1.29 is 0 Å². The van der Waals surface area contributed by atoms with E-state index in [1.54, 1.807) is 21.3 Å². The Morgan fingerprint density at radius 3 is 1.31 bits per heavy atom. The SMILES string of the molecule is [C-]#[N+]c1ncn(-c2cccc(C(C)(C)C(C)(C)C(C)(C)c3cccc(-n4cnc([N+]#[C-])c4[N+]#[C-])n3)n2)c1[N+]#[C-]. The Hall–Kier alpha value is -5.32. The van der Waals surface area contributed by atoms with Crippen molar-refractivity contribution in [3.63, 3.8) is 0 Å². The predicted molar refractivity (Wildman–Crippen MR) is 148 cm³/mol. The molecule has 0 radical (unpaired) electrons. The minimum Gasteiger partial charge on any atom is -0.373 e. The average Bonchev–Trinajstić information content (AvgIpc) is 3.56. The van der Waals surface area contributed by atoms with Crippen molar-refractivity contribution in [2.75, 3.05) is 0 Å². The quantitative estimate of drug-likeness (QED) is 0.252. The van der Waals surface area contributed by atoms with Gasteiger partial charge in [0, 0.05) is 23.0 Å². The molecule has 4 rings (SSSR count). The van der Waals surface area contributed by atoms with Crippen molar-refractivity contribution in [1.29, 1.82) is 0 Å². The molecule has 4 aromatic rings. The number of aromatic nitrogens is 6. The molecule has 0 atom stereocenters. The van der Waals surface area contributed by atoms with Gasteiger partial charge in [-0.2, -0.15) is 0 Å². The Bertz CT molecular complexity index is 1610. The fourth-order valence-electron chi connectivity index (χ4n) is 4.60. The van der Waals surface area contributed by atoms with E-state index in [-0.39, 0.29) is 23.3 Å². The number of hydrogen-bond acceptors (Lipinski definition) is 4. The Kier molecular flexibility index (Phi) is 6.53. The molecular weight excluding hydrogens is 488 g/mol. The number of imidazole rings is 2. The first-order valence-corrected chi connectivity index (χ1v) is 12.0. The van der Waals surface area contributed by atoms with Crippen LogP contribution in [-0.4, -0.2) is 29.1 Å². The standard InChI is InChI=1S/C29H26N10/c1-27(2,19-13-11-15-21(36-19)38-17-34-23(30-7)25(38)32-9)29(5,6)28(3,4)20-14-12-16-22(37-20)39-18-35-24(31-8)26(39)33-10/h11-18H,1-6H3. The van der Waals surface area contributed by atoms with E-state index in [9.17, 15) is 0 Å². The van der Waals surface area contributed by atoms with E-state index in [1.165, 1.54) is 12.7 Å². The van der Waals surface area contributed by atoms with Crippen LogP contribution in [-0.2, 0) is 10.8 Å². The van der Waals surface area contributed by atoms with Gasteiger partial charge in [0.25, 0.3) is 35.9 Å². The van der Waals surface area contributed by atoms with Crippen LogP contribution in [0.3, 0.4) is 0 Å². The molecule has 0 saturated heterocycles. The predicted octanol–water partition coefficient (Wildman–Crippen LogP) is 7.33. The highest BCUT2D eigenvalue weighted by Crippen LogP contribution is 2.53. The molecule has 0 unspecified atom stereocenters. The molecule has 0 aliphatic heterocycles. The number of rotatable bonds is 6. The molecule has 0 saturated carbocycles. The minimum atomic E-state index is -0.486. The maximum absolute atomic E-state index is 7.51. The van der Waals surface area contributed by atoms with Gasteiger partial charge in [-0.25, -0.2) is 19.1 Å². The fourth-order valence-corrected chi connectivity index (χ4v) is 4.60. The van der Waals surface area contributed by atoms with Gasteiger partial charge in [0.15, 0.2) is 0 Å². The molecule has 4 aromatic heterocycles. The highest BCUT2D eigenvalue weighted by Gasteiger charge is 2.51. The van der Waals surface area contributed by atoms with Crippen LogP contribution in [0.1, 0.15) is 52.9 Å². The second kappa shape index (κ2) is 9.53. The molecule has 0 amide bonds. The zero-order valence-electron chi connectivity index (χ0n) is 22.6. The number of pyridine rings is 2. The molecular formula is C29H26N10. The molecule has 0 aliphatic carbocycles. The van der Waals surface area contributed by atoms with Crippen LogP contribution in [0.5, 0.6) is 0 Å². The van der Waals surface area contributed by atoms with Crippen molar-refractivity contribution in [2.24, 2.45) is 5.41 Å². The molecule has 39 heavy (non-hydrogen) atoms. The Labute approximate surface area is 227 Å². The largest absolute Gasteiger partial charge is 0.373 e. The smallest absolute Gasteiger partial charge is 0.293 e. The fraction of sp³-hybridized carbons (Fsp3) is 0.310. The van der Waals surface area contributed by atoms with Gasteiger partial charge >= 0.3 is 0 Å². The third-order valence-electron chi connectivity index (χ3n) is 8.24. The van der Waals surface area contributed by atoms with Crippen LogP contribution in [0.25, 0.3) is 31.0 Å². The molecule has 192 valence electrons. The molecule has 0 fully saturated rings. The highest BCUT2D eigenvalue weighted by atomic mass is 15.2. The van der Waals surface area contributed by atoms with E-state index in [1.807, 2.05) is 24.3 Å². The summed E-state index contributed by atoms with van der Waals surface area (Å²) in [6, 6.07) is 11.3. The normalized spacial score (nSPS) is 11.7. The van der Waals surface area contributed by atoms with Gasteiger partial charge in [-0.05, 0) is 17.5 Å². The summed E-state index contributed by atoms with van der Waals surface area (Å²) in [6.07, 6.45) is 2.91. The van der Waals surface area contributed by atoms with Crippen LogP contribution >= 0.6 is 0 Å². The molecule has 4 heterocycles. The van der Waals surface area contributed by atoms with Crippen LogP contribution in [0.2, 0.25) is 0 Å². The highest BCUT2D eigenvalue weighted by molar-refractivity contribution is 5.65. The summed E-state index contributed by atoms with van der Waals surface area (Å²) in [6.45, 7) is 42.5. The first-order valence-electron chi connectivity index (χ1n) is 12.0. The van der Waals surface area contributed by atoms with Crippen molar-refractivity contribution in [2.45, 2.75) is 52.4 Å². The topological polar surface area (TPSA) is 78.9 Å². The van der Waals surface area contributed by atoms with Gasteiger partial charge in [0.1, 0.15) is 0 Å². The van der Waals surface area contributed by atoms with E-state index in [0.29, 0.717) is 11.6 Å². The summed E-state index contributed by atoms with van der Waals surface area (Å²) >= 11 is 0. The average molecular weight is 515 g/mol. The third-order valence-corrected chi connectivity index (χ3v) is 8.24. The van der Waals surface area contributed by atoms with Crippen molar-refractivity contribution in [3.05, 3.63) is 106 Å². The third kappa shape index (κ3) is 4.09. The summed E-state index contributed by atoms with van der Waals surface area (Å²) in [4.78, 5) is 31.7. The summed E-state index contributed by atoms with van der Waals surface area (Å²) in [5, 5.41) is 0. The molecule has 0 spiro atoms. The van der Waals surface area contributed by atoms with Crippen molar-refractivity contribution in [3.8, 4) is 11.6 Å². The van der Waals surface area contributed by atoms with Gasteiger partial charge in [0.2, 0.25) is 11.6 Å². The van der Waals surface area contributed by atoms with Crippen LogP contribution in [0.15, 0.2) is 49.1 Å². The van der Waals surface area contributed by atoms with Crippen molar-refractivity contribution >= 4 is 23.3 Å². The molecule has 10 nitrogen and oxygen atoms in total. The Morgan fingerprint density at radius 1 is 0.590 bits per heavy atom. The van der Waals surface area contributed by atoms with Crippen LogP contribution in [0, 0.1) is 31.7 Å². The lowest BCUT2D eigenvalue weighted by Gasteiger charge is -2.51. The van der Waals surface area contributed by atoms with Crippen molar-refractivity contribution in [1.82, 2.24) is 29.1 Å². The van der Waals surface area contributed by atoms with Gasteiger partial charge in [-0.1, -0.05) is 89.9 Å². The zero-order chi connectivity index (χ0) is 28.6. The monoisotopic (exact) mass is 514 g/mol. The summed E-state index contributed by atoms with van der Waals surface area (Å²) in [5.74, 6) is 1.40. The number of hydrogen-bond donors (Lipinski definition) is 0. The van der Waals surface area contributed by atoms with E-state index in [2.05, 4.69) is 70.9 Å². The second-order valence-electron chi connectivity index (χ2n) is 10.6. The van der Waals surface area contributed by atoms with Crippen LogP contribution in [0.4, 0.5) is 23.3 Å². The molecule has 10 heteroatoms. The maximum Gasteiger partial charge on any atom is 0.293 e. The first-order chi connectivity index (χ1) is 18.4. The van der Waals surface area contributed by atoms with Gasteiger partial charge in [-0.3, -0.25) is 0 Å². The lowest BCUT2D eigenvalue weighted by Crippen LogP contribution is -2.50. The molecule has 0 aliphatic rings. The summed E-state index contributed by atoms with van der Waals surface area (Å²) < 4.78 is 3.08. The molecule has 0 bridgehead atoms. The molecule has 0 N–H and O–H groups in total. The van der Waals surface area contributed by atoms with Gasteiger partial charge < -0.3 is 19.4 Å².